The Labute approximate surface area is 157 Å². The van der Waals surface area contributed by atoms with Crippen molar-refractivity contribution in [1.29, 1.82) is 0 Å². The van der Waals surface area contributed by atoms with Gasteiger partial charge in [0.15, 0.2) is 0 Å². The number of ether oxygens (including phenoxy) is 2. The summed E-state index contributed by atoms with van der Waals surface area (Å²) in [5, 5.41) is -1.26. The molecule has 8 heteroatoms. The van der Waals surface area contributed by atoms with Crippen molar-refractivity contribution >= 4 is 45.6 Å². The van der Waals surface area contributed by atoms with Crippen LogP contribution in [-0.2, 0) is 9.59 Å². The van der Waals surface area contributed by atoms with Crippen LogP contribution in [-0.4, -0.2) is 22.4 Å². The number of carbonyl (C=O) groups is 4. The lowest BCUT2D eigenvalue weighted by molar-refractivity contribution is -0.131. The SMILES string of the molecule is O=C(/C=C/C(=O)Oc1ccc(C(=O)Cl)cc1)Oc1ccc(C(=O)Cl)cc1. The number of halogens is 2. The van der Waals surface area contributed by atoms with Gasteiger partial charge in [-0.05, 0) is 71.7 Å². The monoisotopic (exact) mass is 392 g/mol. The van der Waals surface area contributed by atoms with E-state index in [4.69, 9.17) is 32.7 Å². The number of benzene rings is 2. The quantitative estimate of drug-likeness (QED) is 0.323. The summed E-state index contributed by atoms with van der Waals surface area (Å²) >= 11 is 10.6. The second-order valence-corrected chi connectivity index (χ2v) is 5.46. The molecule has 0 fully saturated rings. The van der Waals surface area contributed by atoms with Crippen LogP contribution in [0.15, 0.2) is 60.7 Å². The first-order valence-corrected chi connectivity index (χ1v) is 7.82. The topological polar surface area (TPSA) is 86.7 Å². The first kappa shape index (κ1) is 19.4. The van der Waals surface area contributed by atoms with Gasteiger partial charge in [0.05, 0.1) is 0 Å². The van der Waals surface area contributed by atoms with Gasteiger partial charge in [0.1, 0.15) is 11.5 Å². The maximum absolute atomic E-state index is 11.6. The lowest BCUT2D eigenvalue weighted by Gasteiger charge is -2.02. The average Bonchev–Trinajstić information content (AvgIpc) is 2.61. The van der Waals surface area contributed by atoms with E-state index in [2.05, 4.69) is 0 Å². The van der Waals surface area contributed by atoms with Crippen molar-refractivity contribution < 1.29 is 28.7 Å². The summed E-state index contributed by atoms with van der Waals surface area (Å²) in [5.74, 6) is -1.27. The van der Waals surface area contributed by atoms with E-state index in [-0.39, 0.29) is 22.6 Å². The Morgan fingerprint density at radius 3 is 1.19 bits per heavy atom. The normalized spacial score (nSPS) is 10.4. The predicted octanol–water partition coefficient (Wildman–Crippen LogP) is 3.51. The van der Waals surface area contributed by atoms with E-state index in [9.17, 15) is 19.2 Å². The molecule has 0 aliphatic heterocycles. The van der Waals surface area contributed by atoms with Crippen molar-refractivity contribution in [2.24, 2.45) is 0 Å². The highest BCUT2D eigenvalue weighted by atomic mass is 35.5. The molecule has 0 amide bonds. The highest BCUT2D eigenvalue weighted by Crippen LogP contribution is 2.15. The first-order valence-electron chi connectivity index (χ1n) is 7.06. The van der Waals surface area contributed by atoms with Crippen LogP contribution in [0, 0.1) is 0 Å². The lowest BCUT2D eigenvalue weighted by Crippen LogP contribution is -2.08. The lowest BCUT2D eigenvalue weighted by atomic mass is 10.2. The van der Waals surface area contributed by atoms with Crippen molar-refractivity contribution in [3.05, 3.63) is 71.8 Å². The van der Waals surface area contributed by atoms with Gasteiger partial charge in [0.25, 0.3) is 10.5 Å². The molecule has 0 aliphatic rings. The molecular weight excluding hydrogens is 383 g/mol. The Hall–Kier alpha value is -2.96. The third kappa shape index (κ3) is 5.84. The highest BCUT2D eigenvalue weighted by molar-refractivity contribution is 6.68. The van der Waals surface area contributed by atoms with E-state index < -0.39 is 22.4 Å². The number of hydrogen-bond donors (Lipinski definition) is 0. The van der Waals surface area contributed by atoms with E-state index in [0.29, 0.717) is 0 Å². The Bertz CT molecular complexity index is 796. The van der Waals surface area contributed by atoms with Gasteiger partial charge < -0.3 is 9.47 Å². The zero-order valence-electron chi connectivity index (χ0n) is 13.0. The standard InChI is InChI=1S/C18H10Cl2O6/c19-17(23)11-1-5-13(6-2-11)25-15(21)9-10-16(22)26-14-7-3-12(4-8-14)18(20)24/h1-10H/b10-9+. The van der Waals surface area contributed by atoms with Gasteiger partial charge in [-0.2, -0.15) is 0 Å². The van der Waals surface area contributed by atoms with Crippen LogP contribution in [0.2, 0.25) is 0 Å². The minimum Gasteiger partial charge on any atom is -0.423 e. The van der Waals surface area contributed by atoms with Crippen molar-refractivity contribution in [3.8, 4) is 11.5 Å². The molecule has 132 valence electrons. The zero-order valence-corrected chi connectivity index (χ0v) is 14.5. The molecule has 0 atom stereocenters. The Kier molecular flexibility index (Phi) is 6.66. The molecule has 0 heterocycles. The molecule has 0 spiro atoms. The summed E-state index contributed by atoms with van der Waals surface area (Å²) in [5.41, 5.74) is 0.514. The van der Waals surface area contributed by atoms with E-state index in [1.807, 2.05) is 0 Å². The fraction of sp³-hybridized carbons (Fsp3) is 0. The molecule has 0 saturated heterocycles. The van der Waals surface area contributed by atoms with Gasteiger partial charge in [-0.15, -0.1) is 0 Å². The van der Waals surface area contributed by atoms with Crippen LogP contribution in [0.1, 0.15) is 20.7 Å². The van der Waals surface area contributed by atoms with Gasteiger partial charge in [-0.25, -0.2) is 9.59 Å². The Balaban J connectivity index is 1.89. The highest BCUT2D eigenvalue weighted by Gasteiger charge is 2.07. The second kappa shape index (κ2) is 8.94. The molecule has 26 heavy (non-hydrogen) atoms. The largest absolute Gasteiger partial charge is 0.423 e. The zero-order chi connectivity index (χ0) is 19.1. The minimum absolute atomic E-state index is 0.177. The number of esters is 2. The molecule has 2 aromatic rings. The summed E-state index contributed by atoms with van der Waals surface area (Å²) in [6, 6.07) is 11.1. The van der Waals surface area contributed by atoms with Crippen LogP contribution >= 0.6 is 23.2 Å². The van der Waals surface area contributed by atoms with Gasteiger partial charge in [0.2, 0.25) is 0 Å². The number of carbonyl (C=O) groups excluding carboxylic acids is 4. The summed E-state index contributed by atoms with van der Waals surface area (Å²) in [7, 11) is 0. The maximum atomic E-state index is 11.6. The van der Waals surface area contributed by atoms with Gasteiger partial charge >= 0.3 is 11.9 Å². The van der Waals surface area contributed by atoms with Crippen LogP contribution in [0.5, 0.6) is 11.5 Å². The first-order chi connectivity index (χ1) is 12.3. The molecule has 2 aromatic carbocycles. The molecule has 0 bridgehead atoms. The predicted molar refractivity (Wildman–Crippen MR) is 93.7 cm³/mol. The molecule has 2 rings (SSSR count). The van der Waals surface area contributed by atoms with Crippen LogP contribution in [0.25, 0.3) is 0 Å². The third-order valence-electron chi connectivity index (χ3n) is 2.95. The number of rotatable bonds is 6. The van der Waals surface area contributed by atoms with Crippen molar-refractivity contribution in [2.75, 3.05) is 0 Å². The fourth-order valence-electron chi connectivity index (χ4n) is 1.74. The summed E-state index contributed by atoms with van der Waals surface area (Å²) in [4.78, 5) is 45.2. The van der Waals surface area contributed by atoms with Crippen LogP contribution in [0.4, 0.5) is 0 Å². The molecular formula is C18H10Cl2O6. The molecule has 0 radical (unpaired) electrons. The van der Waals surface area contributed by atoms with Crippen molar-refractivity contribution in [3.63, 3.8) is 0 Å². The molecule has 6 nitrogen and oxygen atoms in total. The third-order valence-corrected chi connectivity index (χ3v) is 3.39. The van der Waals surface area contributed by atoms with Gasteiger partial charge in [0, 0.05) is 23.3 Å². The molecule has 0 saturated carbocycles. The van der Waals surface area contributed by atoms with E-state index in [1.165, 1.54) is 48.5 Å². The summed E-state index contributed by atoms with van der Waals surface area (Å²) < 4.78 is 9.90. The summed E-state index contributed by atoms with van der Waals surface area (Å²) in [6.45, 7) is 0. The van der Waals surface area contributed by atoms with Crippen molar-refractivity contribution in [1.82, 2.24) is 0 Å². The summed E-state index contributed by atoms with van der Waals surface area (Å²) in [6.07, 6.45) is 1.78. The Morgan fingerprint density at radius 1 is 0.615 bits per heavy atom. The molecule has 0 aliphatic carbocycles. The number of hydrogen-bond acceptors (Lipinski definition) is 6. The smallest absolute Gasteiger partial charge is 0.336 e. The molecule has 0 aromatic heterocycles. The van der Waals surface area contributed by atoms with Gasteiger partial charge in [-0.1, -0.05) is 0 Å². The van der Waals surface area contributed by atoms with E-state index >= 15 is 0 Å². The Morgan fingerprint density at radius 2 is 0.923 bits per heavy atom. The van der Waals surface area contributed by atoms with Gasteiger partial charge in [-0.3, -0.25) is 9.59 Å². The van der Waals surface area contributed by atoms with Crippen molar-refractivity contribution in [2.45, 2.75) is 0 Å². The van der Waals surface area contributed by atoms with E-state index in [1.54, 1.807) is 0 Å². The molecule has 0 N–H and O–H groups in total. The van der Waals surface area contributed by atoms with Crippen LogP contribution < -0.4 is 9.47 Å². The average molecular weight is 393 g/mol. The van der Waals surface area contributed by atoms with E-state index in [0.717, 1.165) is 12.2 Å². The minimum atomic E-state index is -0.810. The second-order valence-electron chi connectivity index (χ2n) is 4.77. The maximum Gasteiger partial charge on any atom is 0.336 e. The molecule has 0 unspecified atom stereocenters. The fourth-order valence-corrected chi connectivity index (χ4v) is 2.00. The van der Waals surface area contributed by atoms with Crippen LogP contribution in [0.3, 0.4) is 0 Å².